The number of rotatable bonds is 10. The summed E-state index contributed by atoms with van der Waals surface area (Å²) in [4.78, 5) is 22.3. The van der Waals surface area contributed by atoms with Crippen LogP contribution in [0.15, 0.2) is 0 Å². The molecule has 0 fully saturated rings. The Bertz CT molecular complexity index is 436. The van der Waals surface area contributed by atoms with Crippen molar-refractivity contribution in [2.24, 2.45) is 11.8 Å². The second kappa shape index (κ2) is 9.56. The van der Waals surface area contributed by atoms with Crippen LogP contribution in [-0.4, -0.2) is 51.4 Å². The van der Waals surface area contributed by atoms with E-state index in [9.17, 15) is 18.0 Å². The van der Waals surface area contributed by atoms with Crippen LogP contribution >= 0.6 is 0 Å². The van der Waals surface area contributed by atoms with Gasteiger partial charge in [0.05, 0.1) is 5.75 Å². The number of carboxylic acids is 1. The third kappa shape index (κ3) is 11.0. The quantitative estimate of drug-likeness (QED) is 0.449. The molecule has 0 aliphatic heterocycles. The Morgan fingerprint density at radius 3 is 2.29 bits per heavy atom. The normalized spacial score (nSPS) is 13.0. The summed E-state index contributed by atoms with van der Waals surface area (Å²) in [6.45, 7) is 4.20. The van der Waals surface area contributed by atoms with Gasteiger partial charge in [-0.1, -0.05) is 13.8 Å². The van der Waals surface area contributed by atoms with Crippen molar-refractivity contribution >= 4 is 22.0 Å². The smallest absolute Gasteiger partial charge is 0.314 e. The van der Waals surface area contributed by atoms with Gasteiger partial charge in [-0.25, -0.2) is 17.9 Å². The number of urea groups is 1. The predicted molar refractivity (Wildman–Crippen MR) is 79.4 cm³/mol. The first-order valence-electron chi connectivity index (χ1n) is 6.81. The summed E-state index contributed by atoms with van der Waals surface area (Å²) < 4.78 is 24.4. The van der Waals surface area contributed by atoms with Crippen LogP contribution in [0.1, 0.15) is 26.7 Å². The maximum atomic E-state index is 11.5. The molecule has 4 N–H and O–H groups in total. The number of carbonyl (C=O) groups is 2. The van der Waals surface area contributed by atoms with Crippen molar-refractivity contribution in [3.63, 3.8) is 0 Å². The van der Waals surface area contributed by atoms with E-state index in [1.165, 1.54) is 7.05 Å². The first kappa shape index (κ1) is 19.7. The van der Waals surface area contributed by atoms with E-state index in [0.29, 0.717) is 12.3 Å². The fraction of sp³-hybridized carbons (Fsp3) is 0.833. The summed E-state index contributed by atoms with van der Waals surface area (Å²) >= 11 is 0. The number of carboxylic acid groups (broad SMARTS) is 1. The summed E-state index contributed by atoms with van der Waals surface area (Å²) in [5, 5.41) is 13.8. The zero-order chi connectivity index (χ0) is 16.5. The molecule has 0 radical (unpaired) electrons. The van der Waals surface area contributed by atoms with Crippen LogP contribution in [-0.2, 0) is 14.8 Å². The second-order valence-electron chi connectivity index (χ2n) is 5.25. The predicted octanol–water partition coefficient (Wildman–Crippen LogP) is -0.0282. The van der Waals surface area contributed by atoms with Gasteiger partial charge in [0.1, 0.15) is 0 Å². The van der Waals surface area contributed by atoms with Gasteiger partial charge in [0.25, 0.3) is 0 Å². The Hall–Kier alpha value is -1.35. The SMILES string of the molecule is CNS(=O)(=O)CCNC(=O)NCC(CC(=O)O)CC(C)C. The molecule has 0 saturated heterocycles. The van der Waals surface area contributed by atoms with Crippen LogP contribution in [0.2, 0.25) is 0 Å². The van der Waals surface area contributed by atoms with Crippen LogP contribution < -0.4 is 15.4 Å². The van der Waals surface area contributed by atoms with E-state index in [1.54, 1.807) is 0 Å². The Morgan fingerprint density at radius 2 is 1.81 bits per heavy atom. The van der Waals surface area contributed by atoms with E-state index in [-0.39, 0.29) is 31.2 Å². The lowest BCUT2D eigenvalue weighted by atomic mass is 9.94. The molecule has 0 aliphatic rings. The van der Waals surface area contributed by atoms with Crippen LogP contribution in [0.3, 0.4) is 0 Å². The minimum Gasteiger partial charge on any atom is -0.481 e. The number of hydrogen-bond donors (Lipinski definition) is 4. The molecule has 21 heavy (non-hydrogen) atoms. The fourth-order valence-electron chi connectivity index (χ4n) is 1.85. The highest BCUT2D eigenvalue weighted by molar-refractivity contribution is 7.89. The maximum Gasteiger partial charge on any atom is 0.314 e. The number of nitrogens with one attached hydrogen (secondary N) is 3. The molecule has 0 aromatic rings. The number of aliphatic carboxylic acids is 1. The third-order valence-electron chi connectivity index (χ3n) is 2.79. The zero-order valence-corrected chi connectivity index (χ0v) is 13.5. The Morgan fingerprint density at radius 1 is 1.19 bits per heavy atom. The van der Waals surface area contributed by atoms with Gasteiger partial charge in [-0.3, -0.25) is 4.79 Å². The minimum atomic E-state index is -3.35. The van der Waals surface area contributed by atoms with Crippen LogP contribution in [0, 0.1) is 11.8 Å². The molecule has 0 rings (SSSR count). The van der Waals surface area contributed by atoms with Crippen molar-refractivity contribution in [1.29, 1.82) is 0 Å². The molecule has 2 amide bonds. The van der Waals surface area contributed by atoms with Gasteiger partial charge in [0.15, 0.2) is 0 Å². The van der Waals surface area contributed by atoms with Gasteiger partial charge in [-0.2, -0.15) is 0 Å². The van der Waals surface area contributed by atoms with Gasteiger partial charge in [0, 0.05) is 19.5 Å². The lowest BCUT2D eigenvalue weighted by molar-refractivity contribution is -0.138. The van der Waals surface area contributed by atoms with E-state index in [1.807, 2.05) is 13.8 Å². The van der Waals surface area contributed by atoms with Crippen LogP contribution in [0.5, 0.6) is 0 Å². The molecule has 0 aromatic heterocycles. The number of carbonyl (C=O) groups excluding carboxylic acids is 1. The van der Waals surface area contributed by atoms with E-state index >= 15 is 0 Å². The molecule has 1 atom stereocenters. The largest absolute Gasteiger partial charge is 0.481 e. The standard InChI is InChI=1S/C12H25N3O5S/c1-9(2)6-10(7-11(16)17)8-15-12(18)14-4-5-21(19,20)13-3/h9-10,13H,4-8H2,1-3H3,(H,16,17)(H2,14,15,18). The van der Waals surface area contributed by atoms with Gasteiger partial charge in [-0.15, -0.1) is 0 Å². The summed E-state index contributed by atoms with van der Waals surface area (Å²) in [6, 6.07) is -0.500. The van der Waals surface area contributed by atoms with E-state index in [0.717, 1.165) is 0 Å². The van der Waals surface area contributed by atoms with Crippen molar-refractivity contribution in [3.8, 4) is 0 Å². The highest BCUT2D eigenvalue weighted by atomic mass is 32.2. The lowest BCUT2D eigenvalue weighted by Gasteiger charge is -2.18. The first-order chi connectivity index (χ1) is 9.66. The van der Waals surface area contributed by atoms with Gasteiger partial charge < -0.3 is 15.7 Å². The Balaban J connectivity index is 4.10. The van der Waals surface area contributed by atoms with Crippen molar-refractivity contribution in [1.82, 2.24) is 15.4 Å². The highest BCUT2D eigenvalue weighted by Gasteiger charge is 2.16. The Labute approximate surface area is 125 Å². The van der Waals surface area contributed by atoms with Crippen molar-refractivity contribution in [2.75, 3.05) is 25.9 Å². The van der Waals surface area contributed by atoms with Crippen LogP contribution in [0.25, 0.3) is 0 Å². The molecule has 8 nitrogen and oxygen atoms in total. The van der Waals surface area contributed by atoms with Crippen molar-refractivity contribution in [3.05, 3.63) is 0 Å². The highest BCUT2D eigenvalue weighted by Crippen LogP contribution is 2.14. The fourth-order valence-corrected chi connectivity index (χ4v) is 2.43. The van der Waals surface area contributed by atoms with E-state index < -0.39 is 22.0 Å². The second-order valence-corrected chi connectivity index (χ2v) is 7.30. The summed E-state index contributed by atoms with van der Waals surface area (Å²) in [5.74, 6) is -0.918. The molecule has 1 unspecified atom stereocenters. The van der Waals surface area contributed by atoms with Crippen LogP contribution in [0.4, 0.5) is 4.79 Å². The number of sulfonamides is 1. The molecule has 9 heteroatoms. The zero-order valence-electron chi connectivity index (χ0n) is 12.7. The Kier molecular flexibility index (Phi) is 8.95. The number of amides is 2. The molecule has 0 spiro atoms. The number of hydrogen-bond acceptors (Lipinski definition) is 4. The maximum absolute atomic E-state index is 11.5. The summed E-state index contributed by atoms with van der Waals surface area (Å²) in [7, 11) is -2.05. The molecule has 0 saturated carbocycles. The molecule has 124 valence electrons. The minimum absolute atomic E-state index is 0.00735. The van der Waals surface area contributed by atoms with Crippen molar-refractivity contribution < 1.29 is 23.1 Å². The van der Waals surface area contributed by atoms with E-state index in [4.69, 9.17) is 5.11 Å². The monoisotopic (exact) mass is 323 g/mol. The molecule has 0 bridgehead atoms. The van der Waals surface area contributed by atoms with E-state index in [2.05, 4.69) is 15.4 Å². The molecule has 0 aromatic carbocycles. The average molecular weight is 323 g/mol. The van der Waals surface area contributed by atoms with Gasteiger partial charge in [-0.05, 0) is 25.3 Å². The average Bonchev–Trinajstić information content (AvgIpc) is 2.34. The molecule has 0 aliphatic carbocycles. The molecular weight excluding hydrogens is 298 g/mol. The van der Waals surface area contributed by atoms with Gasteiger partial charge >= 0.3 is 12.0 Å². The first-order valence-corrected chi connectivity index (χ1v) is 8.46. The summed E-state index contributed by atoms with van der Waals surface area (Å²) in [6.07, 6.45) is 0.688. The van der Waals surface area contributed by atoms with Crippen molar-refractivity contribution in [2.45, 2.75) is 26.7 Å². The lowest BCUT2D eigenvalue weighted by Crippen LogP contribution is -2.41. The van der Waals surface area contributed by atoms with Gasteiger partial charge in [0.2, 0.25) is 10.0 Å². The molecule has 0 heterocycles. The molecular formula is C12H25N3O5S. The topological polar surface area (TPSA) is 125 Å². The summed E-state index contributed by atoms with van der Waals surface area (Å²) in [5.41, 5.74) is 0. The third-order valence-corrected chi connectivity index (χ3v) is 4.15.